The fraction of sp³-hybridized carbons (Fsp3) is 0.867. The van der Waals surface area contributed by atoms with Crippen molar-refractivity contribution in [2.45, 2.75) is 72.3 Å². The Bertz CT molecular complexity index is 220. The second kappa shape index (κ2) is 6.44. The van der Waals surface area contributed by atoms with Gasteiger partial charge < -0.3 is 5.32 Å². The van der Waals surface area contributed by atoms with Crippen molar-refractivity contribution >= 4 is 0 Å². The largest absolute Gasteiger partial charge is 0.310 e. The Hall–Kier alpha value is -0.300. The fourth-order valence-corrected chi connectivity index (χ4v) is 2.81. The molecule has 0 aromatic rings. The van der Waals surface area contributed by atoms with Gasteiger partial charge >= 0.3 is 0 Å². The summed E-state index contributed by atoms with van der Waals surface area (Å²) in [6.45, 7) is 10.3. The van der Waals surface area contributed by atoms with Crippen LogP contribution in [0, 0.1) is 5.41 Å². The Morgan fingerprint density at radius 2 is 1.88 bits per heavy atom. The van der Waals surface area contributed by atoms with Gasteiger partial charge in [-0.25, -0.2) is 0 Å². The standard InChI is InChI=1S/C15H29N/c1-5-11-16-14(12-13(2)3)15(4)9-7-6-8-10-15/h12,14,16H,5-11H2,1-4H3. The minimum atomic E-state index is 0.491. The first-order valence-corrected chi connectivity index (χ1v) is 6.97. The highest BCUT2D eigenvalue weighted by molar-refractivity contribution is 5.07. The maximum absolute atomic E-state index is 3.73. The van der Waals surface area contributed by atoms with Gasteiger partial charge in [-0.05, 0) is 45.1 Å². The molecule has 0 bridgehead atoms. The molecule has 94 valence electrons. The number of rotatable bonds is 5. The molecule has 1 aliphatic carbocycles. The molecule has 1 fully saturated rings. The summed E-state index contributed by atoms with van der Waals surface area (Å²) in [4.78, 5) is 0. The van der Waals surface area contributed by atoms with Gasteiger partial charge in [-0.2, -0.15) is 0 Å². The molecule has 0 saturated heterocycles. The zero-order chi connectivity index (χ0) is 12.0. The molecule has 0 spiro atoms. The molecule has 1 saturated carbocycles. The highest BCUT2D eigenvalue weighted by atomic mass is 14.9. The summed E-state index contributed by atoms with van der Waals surface area (Å²) in [7, 11) is 0. The molecule has 1 unspecified atom stereocenters. The topological polar surface area (TPSA) is 12.0 Å². The van der Waals surface area contributed by atoms with Crippen LogP contribution in [-0.2, 0) is 0 Å². The van der Waals surface area contributed by atoms with Crippen LogP contribution in [0.15, 0.2) is 11.6 Å². The van der Waals surface area contributed by atoms with E-state index in [0.29, 0.717) is 11.5 Å². The lowest BCUT2D eigenvalue weighted by molar-refractivity contribution is 0.170. The summed E-state index contributed by atoms with van der Waals surface area (Å²) < 4.78 is 0. The third-order valence-electron chi connectivity index (χ3n) is 3.86. The van der Waals surface area contributed by atoms with Crippen molar-refractivity contribution in [3.05, 3.63) is 11.6 Å². The predicted octanol–water partition coefficient (Wildman–Crippen LogP) is 4.29. The Morgan fingerprint density at radius 3 is 2.38 bits per heavy atom. The summed E-state index contributed by atoms with van der Waals surface area (Å²) in [5, 5.41) is 3.73. The van der Waals surface area contributed by atoms with E-state index in [1.54, 1.807) is 0 Å². The average molecular weight is 223 g/mol. The summed E-state index contributed by atoms with van der Waals surface area (Å²) in [6.07, 6.45) is 10.7. The van der Waals surface area contributed by atoms with Crippen LogP contribution in [0.25, 0.3) is 0 Å². The third-order valence-corrected chi connectivity index (χ3v) is 3.86. The Labute approximate surface area is 102 Å². The van der Waals surface area contributed by atoms with Crippen LogP contribution in [0.5, 0.6) is 0 Å². The van der Waals surface area contributed by atoms with Crippen molar-refractivity contribution in [1.82, 2.24) is 5.32 Å². The fourth-order valence-electron chi connectivity index (χ4n) is 2.81. The van der Waals surface area contributed by atoms with Crippen molar-refractivity contribution in [3.63, 3.8) is 0 Å². The van der Waals surface area contributed by atoms with E-state index < -0.39 is 0 Å². The third kappa shape index (κ3) is 3.93. The Kier molecular flexibility index (Phi) is 5.54. The summed E-state index contributed by atoms with van der Waals surface area (Å²) >= 11 is 0. The van der Waals surface area contributed by atoms with E-state index in [2.05, 4.69) is 39.1 Å². The molecule has 0 aromatic heterocycles. The van der Waals surface area contributed by atoms with E-state index in [-0.39, 0.29) is 0 Å². The second-order valence-corrected chi connectivity index (χ2v) is 5.89. The summed E-state index contributed by atoms with van der Waals surface area (Å²) in [5.74, 6) is 0. The molecule has 0 amide bonds. The van der Waals surface area contributed by atoms with Crippen LogP contribution in [-0.4, -0.2) is 12.6 Å². The van der Waals surface area contributed by atoms with E-state index in [9.17, 15) is 0 Å². The molecule has 1 nitrogen and oxygen atoms in total. The van der Waals surface area contributed by atoms with Crippen molar-refractivity contribution in [2.75, 3.05) is 6.54 Å². The zero-order valence-electron chi connectivity index (χ0n) is 11.6. The highest BCUT2D eigenvalue weighted by Crippen LogP contribution is 2.39. The van der Waals surface area contributed by atoms with Crippen molar-refractivity contribution in [1.29, 1.82) is 0 Å². The van der Waals surface area contributed by atoms with E-state index in [0.717, 1.165) is 6.54 Å². The normalized spacial score (nSPS) is 21.5. The number of hydrogen-bond donors (Lipinski definition) is 1. The van der Waals surface area contributed by atoms with Gasteiger partial charge in [-0.1, -0.05) is 44.8 Å². The zero-order valence-corrected chi connectivity index (χ0v) is 11.6. The van der Waals surface area contributed by atoms with E-state index in [1.165, 1.54) is 44.1 Å². The Morgan fingerprint density at radius 1 is 1.25 bits per heavy atom. The maximum atomic E-state index is 3.73. The molecule has 16 heavy (non-hydrogen) atoms. The van der Waals surface area contributed by atoms with E-state index in [1.807, 2.05) is 0 Å². The minimum Gasteiger partial charge on any atom is -0.310 e. The lowest BCUT2D eigenvalue weighted by Gasteiger charge is -2.40. The molecule has 1 aliphatic rings. The van der Waals surface area contributed by atoms with E-state index in [4.69, 9.17) is 0 Å². The predicted molar refractivity (Wildman–Crippen MR) is 72.7 cm³/mol. The molecule has 0 heterocycles. The van der Waals surface area contributed by atoms with Gasteiger partial charge in [0.2, 0.25) is 0 Å². The molecule has 0 radical (unpaired) electrons. The first-order chi connectivity index (χ1) is 7.58. The molecule has 0 aromatic carbocycles. The highest BCUT2D eigenvalue weighted by Gasteiger charge is 2.33. The molecular weight excluding hydrogens is 194 g/mol. The van der Waals surface area contributed by atoms with Crippen LogP contribution in [0.1, 0.15) is 66.2 Å². The maximum Gasteiger partial charge on any atom is 0.0306 e. The van der Waals surface area contributed by atoms with Gasteiger partial charge in [0.25, 0.3) is 0 Å². The molecule has 1 N–H and O–H groups in total. The number of nitrogens with one attached hydrogen (secondary N) is 1. The van der Waals surface area contributed by atoms with E-state index >= 15 is 0 Å². The van der Waals surface area contributed by atoms with Crippen molar-refractivity contribution < 1.29 is 0 Å². The van der Waals surface area contributed by atoms with Gasteiger partial charge in [0, 0.05) is 6.04 Å². The Balaban J connectivity index is 2.68. The van der Waals surface area contributed by atoms with Gasteiger partial charge in [0.15, 0.2) is 0 Å². The van der Waals surface area contributed by atoms with Gasteiger partial charge in [0.1, 0.15) is 0 Å². The molecule has 1 rings (SSSR count). The molecular formula is C15H29N. The monoisotopic (exact) mass is 223 g/mol. The van der Waals surface area contributed by atoms with Crippen LogP contribution in [0.2, 0.25) is 0 Å². The lowest BCUT2D eigenvalue weighted by Crippen LogP contribution is -2.44. The van der Waals surface area contributed by atoms with Crippen molar-refractivity contribution in [3.8, 4) is 0 Å². The van der Waals surface area contributed by atoms with Crippen LogP contribution in [0.3, 0.4) is 0 Å². The van der Waals surface area contributed by atoms with Crippen LogP contribution in [0.4, 0.5) is 0 Å². The number of hydrogen-bond acceptors (Lipinski definition) is 1. The summed E-state index contributed by atoms with van der Waals surface area (Å²) in [6, 6.07) is 0.581. The number of allylic oxidation sites excluding steroid dienone is 1. The van der Waals surface area contributed by atoms with Crippen molar-refractivity contribution in [2.24, 2.45) is 5.41 Å². The summed E-state index contributed by atoms with van der Waals surface area (Å²) in [5.41, 5.74) is 1.94. The molecule has 1 heteroatoms. The average Bonchev–Trinajstić information content (AvgIpc) is 2.24. The van der Waals surface area contributed by atoms with Gasteiger partial charge in [-0.3, -0.25) is 0 Å². The minimum absolute atomic E-state index is 0.491. The second-order valence-electron chi connectivity index (χ2n) is 5.89. The van der Waals surface area contributed by atoms with Crippen LogP contribution >= 0.6 is 0 Å². The molecule has 1 atom stereocenters. The first kappa shape index (κ1) is 13.8. The SMILES string of the molecule is CCCNC(C=C(C)C)C1(C)CCCCC1. The molecule has 0 aliphatic heterocycles. The van der Waals surface area contributed by atoms with Gasteiger partial charge in [-0.15, -0.1) is 0 Å². The van der Waals surface area contributed by atoms with Crippen LogP contribution < -0.4 is 5.32 Å². The van der Waals surface area contributed by atoms with Gasteiger partial charge in [0.05, 0.1) is 0 Å². The lowest BCUT2D eigenvalue weighted by atomic mass is 9.70. The quantitative estimate of drug-likeness (QED) is 0.686. The smallest absolute Gasteiger partial charge is 0.0306 e. The first-order valence-electron chi connectivity index (χ1n) is 6.97.